The lowest BCUT2D eigenvalue weighted by molar-refractivity contribution is -0.137. The van der Waals surface area contributed by atoms with Gasteiger partial charge in [0, 0.05) is 17.6 Å². The molecule has 0 saturated carbocycles. The Morgan fingerprint density at radius 1 is 1.22 bits per heavy atom. The monoisotopic (exact) mass is 389 g/mol. The lowest BCUT2D eigenvalue weighted by Crippen LogP contribution is -2.37. The molecule has 0 unspecified atom stereocenters. The van der Waals surface area contributed by atoms with E-state index >= 15 is 0 Å². The molecule has 8 heteroatoms. The van der Waals surface area contributed by atoms with Gasteiger partial charge in [-0.2, -0.15) is 4.98 Å². The van der Waals surface area contributed by atoms with E-state index in [0.29, 0.717) is 22.5 Å². The van der Waals surface area contributed by atoms with E-state index in [1.807, 2.05) is 0 Å². The summed E-state index contributed by atoms with van der Waals surface area (Å²) in [5, 5.41) is 4.53. The van der Waals surface area contributed by atoms with Crippen molar-refractivity contribution in [1.29, 1.82) is 0 Å². The van der Waals surface area contributed by atoms with Gasteiger partial charge in [0.25, 0.3) is 5.91 Å². The molecule has 3 aromatic rings. The van der Waals surface area contributed by atoms with E-state index in [1.165, 1.54) is 29.2 Å². The van der Waals surface area contributed by atoms with Crippen LogP contribution in [0.5, 0.6) is 5.75 Å². The van der Waals surface area contributed by atoms with Gasteiger partial charge in [-0.1, -0.05) is 16.8 Å². The van der Waals surface area contributed by atoms with Crippen LogP contribution in [0.4, 0.5) is 4.39 Å². The van der Waals surface area contributed by atoms with E-state index in [0.717, 1.165) is 5.56 Å². The van der Waals surface area contributed by atoms with Crippen LogP contribution in [0.2, 0.25) is 5.02 Å². The van der Waals surface area contributed by atoms with Crippen LogP contribution in [0.25, 0.3) is 11.4 Å². The zero-order valence-electron chi connectivity index (χ0n) is 14.7. The fourth-order valence-corrected chi connectivity index (χ4v) is 2.52. The first kappa shape index (κ1) is 18.8. The number of halogens is 2. The van der Waals surface area contributed by atoms with Crippen molar-refractivity contribution in [3.05, 3.63) is 65.3 Å². The summed E-state index contributed by atoms with van der Waals surface area (Å²) in [7, 11) is 1.61. The number of hydrogen-bond donors (Lipinski definition) is 0. The summed E-state index contributed by atoms with van der Waals surface area (Å²) in [5.41, 5.74) is 0.761. The van der Waals surface area contributed by atoms with E-state index in [4.69, 9.17) is 20.9 Å². The molecular formula is C19H17ClFN3O3. The molecule has 0 aliphatic carbocycles. The molecule has 0 N–H and O–H groups in total. The molecule has 0 saturated heterocycles. The molecule has 1 aromatic heterocycles. The minimum atomic E-state index is -0.751. The number of amides is 1. The van der Waals surface area contributed by atoms with Crippen LogP contribution in [-0.4, -0.2) is 34.1 Å². The summed E-state index contributed by atoms with van der Waals surface area (Å²) in [6.45, 7) is 1.76. The first-order valence-corrected chi connectivity index (χ1v) is 8.56. The zero-order valence-corrected chi connectivity index (χ0v) is 15.5. The second kappa shape index (κ2) is 8.18. The molecule has 1 heterocycles. The van der Waals surface area contributed by atoms with Crippen molar-refractivity contribution in [2.24, 2.45) is 0 Å². The summed E-state index contributed by atoms with van der Waals surface area (Å²) >= 11 is 5.86. The summed E-state index contributed by atoms with van der Waals surface area (Å²) < 4.78 is 23.7. The average Bonchev–Trinajstić information content (AvgIpc) is 3.12. The molecule has 27 heavy (non-hydrogen) atoms. The maximum absolute atomic E-state index is 12.9. The number of likely N-dealkylation sites (N-methyl/N-ethyl adjacent to an activating group) is 1. The molecule has 6 nitrogen and oxygen atoms in total. The van der Waals surface area contributed by atoms with Crippen molar-refractivity contribution in [1.82, 2.24) is 15.0 Å². The molecule has 0 aliphatic heterocycles. The van der Waals surface area contributed by atoms with E-state index < -0.39 is 6.10 Å². The highest BCUT2D eigenvalue weighted by atomic mass is 35.5. The highest BCUT2D eigenvalue weighted by Crippen LogP contribution is 2.19. The highest BCUT2D eigenvalue weighted by molar-refractivity contribution is 6.30. The van der Waals surface area contributed by atoms with Crippen molar-refractivity contribution in [2.75, 3.05) is 7.05 Å². The van der Waals surface area contributed by atoms with Crippen LogP contribution in [0.3, 0.4) is 0 Å². The van der Waals surface area contributed by atoms with E-state index in [-0.39, 0.29) is 18.3 Å². The van der Waals surface area contributed by atoms with Crippen LogP contribution < -0.4 is 4.74 Å². The smallest absolute Gasteiger partial charge is 0.263 e. The topological polar surface area (TPSA) is 68.5 Å². The summed E-state index contributed by atoms with van der Waals surface area (Å²) in [6.07, 6.45) is -0.751. The van der Waals surface area contributed by atoms with Crippen molar-refractivity contribution < 1.29 is 18.4 Å². The molecule has 140 valence electrons. The number of hydrogen-bond acceptors (Lipinski definition) is 5. The number of rotatable bonds is 6. The predicted molar refractivity (Wildman–Crippen MR) is 97.7 cm³/mol. The molecule has 0 aliphatic rings. The van der Waals surface area contributed by atoms with Crippen LogP contribution in [0.1, 0.15) is 12.8 Å². The Kier molecular flexibility index (Phi) is 5.71. The van der Waals surface area contributed by atoms with Crippen molar-refractivity contribution in [3.8, 4) is 17.1 Å². The van der Waals surface area contributed by atoms with Gasteiger partial charge in [-0.15, -0.1) is 0 Å². The number of carbonyl (C=O) groups excluding carboxylic acids is 1. The van der Waals surface area contributed by atoms with Crippen LogP contribution >= 0.6 is 11.6 Å². The third kappa shape index (κ3) is 4.83. The van der Waals surface area contributed by atoms with Gasteiger partial charge in [0.15, 0.2) is 6.10 Å². The number of ether oxygens (including phenoxy) is 1. The minimum absolute atomic E-state index is 0.135. The summed E-state index contributed by atoms with van der Waals surface area (Å²) in [5.74, 6) is 0.480. The van der Waals surface area contributed by atoms with Gasteiger partial charge in [-0.25, -0.2) is 4.39 Å². The molecule has 0 bridgehead atoms. The molecule has 0 spiro atoms. The minimum Gasteiger partial charge on any atom is -0.481 e. The second-order valence-corrected chi connectivity index (χ2v) is 6.36. The summed E-state index contributed by atoms with van der Waals surface area (Å²) in [4.78, 5) is 18.2. The van der Waals surface area contributed by atoms with Gasteiger partial charge in [-0.05, 0) is 55.5 Å². The maximum atomic E-state index is 12.9. The largest absolute Gasteiger partial charge is 0.481 e. The van der Waals surface area contributed by atoms with Crippen LogP contribution in [0.15, 0.2) is 53.1 Å². The molecule has 1 amide bonds. The molecule has 0 fully saturated rings. The van der Waals surface area contributed by atoms with Crippen molar-refractivity contribution >= 4 is 17.5 Å². The van der Waals surface area contributed by atoms with E-state index in [1.54, 1.807) is 38.2 Å². The van der Waals surface area contributed by atoms with Gasteiger partial charge in [0.05, 0.1) is 6.54 Å². The fraction of sp³-hybridized carbons (Fsp3) is 0.211. The SMILES string of the molecule is C[C@@H](Oc1ccc(F)cc1)C(=O)N(C)Cc1nc(-c2ccc(Cl)cc2)no1. The van der Waals surface area contributed by atoms with Crippen LogP contribution in [-0.2, 0) is 11.3 Å². The van der Waals surface area contributed by atoms with Gasteiger partial charge >= 0.3 is 0 Å². The maximum Gasteiger partial charge on any atom is 0.263 e. The van der Waals surface area contributed by atoms with Crippen molar-refractivity contribution in [2.45, 2.75) is 19.6 Å². The molecule has 1 atom stereocenters. The Hall–Kier alpha value is -2.93. The number of aromatic nitrogens is 2. The fourth-order valence-electron chi connectivity index (χ4n) is 2.39. The molecule has 2 aromatic carbocycles. The van der Waals surface area contributed by atoms with E-state index in [9.17, 15) is 9.18 Å². The normalized spacial score (nSPS) is 11.9. The molecule has 0 radical (unpaired) electrons. The third-order valence-corrected chi connectivity index (χ3v) is 4.05. The second-order valence-electron chi connectivity index (χ2n) is 5.93. The van der Waals surface area contributed by atoms with Gasteiger partial charge in [0.1, 0.15) is 11.6 Å². The van der Waals surface area contributed by atoms with Crippen molar-refractivity contribution in [3.63, 3.8) is 0 Å². The Morgan fingerprint density at radius 3 is 2.56 bits per heavy atom. The quantitative estimate of drug-likeness (QED) is 0.638. The standard InChI is InChI=1S/C19H17ClFN3O3/c1-12(26-16-9-7-15(21)8-10-16)19(25)24(2)11-17-22-18(23-27-17)13-3-5-14(20)6-4-13/h3-10,12H,11H2,1-2H3/t12-/m1/s1. The van der Waals surface area contributed by atoms with Crippen LogP contribution in [0, 0.1) is 5.82 Å². The molecule has 3 rings (SSSR count). The Bertz CT molecular complexity index is 913. The third-order valence-electron chi connectivity index (χ3n) is 3.79. The highest BCUT2D eigenvalue weighted by Gasteiger charge is 2.21. The summed E-state index contributed by atoms with van der Waals surface area (Å²) in [6, 6.07) is 12.5. The first-order valence-electron chi connectivity index (χ1n) is 8.18. The van der Waals surface area contributed by atoms with E-state index in [2.05, 4.69) is 10.1 Å². The number of carbonyl (C=O) groups is 1. The average molecular weight is 390 g/mol. The first-order chi connectivity index (χ1) is 12.9. The van der Waals surface area contributed by atoms with Gasteiger partial charge in [-0.3, -0.25) is 4.79 Å². The number of benzene rings is 2. The molecular weight excluding hydrogens is 373 g/mol. The Balaban J connectivity index is 1.60. The number of nitrogens with zero attached hydrogens (tertiary/aromatic N) is 3. The van der Waals surface area contributed by atoms with Gasteiger partial charge in [0.2, 0.25) is 11.7 Å². The Morgan fingerprint density at radius 2 is 1.89 bits per heavy atom. The Labute approximate surface area is 160 Å². The lowest BCUT2D eigenvalue weighted by atomic mass is 10.2. The predicted octanol–water partition coefficient (Wildman–Crippen LogP) is 3.96. The zero-order chi connectivity index (χ0) is 19.4. The van der Waals surface area contributed by atoms with Gasteiger partial charge < -0.3 is 14.2 Å². The lowest BCUT2D eigenvalue weighted by Gasteiger charge is -2.20.